The molecule has 1 aliphatic carbocycles. The third-order valence-corrected chi connectivity index (χ3v) is 4.69. The molecule has 2 aromatic rings. The monoisotopic (exact) mass is 362 g/mol. The smallest absolute Gasteiger partial charge is 0.236 e. The van der Waals surface area contributed by atoms with Gasteiger partial charge in [-0.1, -0.05) is 6.07 Å². The predicted molar refractivity (Wildman–Crippen MR) is 101 cm³/mol. The Morgan fingerprint density at radius 1 is 1.44 bits per heavy atom. The van der Waals surface area contributed by atoms with E-state index in [-0.39, 0.29) is 0 Å². The van der Waals surface area contributed by atoms with Crippen LogP contribution in [0.3, 0.4) is 0 Å². The average Bonchev–Trinajstić information content (AvgIpc) is 3.10. The fraction of sp³-hybridized carbons (Fsp3) is 0.556. The molecule has 7 heteroatoms. The van der Waals surface area contributed by atoms with Gasteiger partial charge < -0.3 is 19.8 Å². The lowest BCUT2D eigenvalue weighted by molar-refractivity contribution is 0.123. The van der Waals surface area contributed by atoms with Crippen LogP contribution in [0.2, 0.25) is 0 Å². The standard InChI is InChI=1S/C18H26N4O2S/c1-2-19-18(20-8-4-9-23-12-14-6-7-14)21-11-15-13-24-17(22-15)16-5-3-10-25-16/h3,5,10,13-14H,2,4,6-9,11-12H2,1H3,(H2,19,20,21). The molecule has 1 fully saturated rings. The zero-order valence-electron chi connectivity index (χ0n) is 14.7. The molecule has 136 valence electrons. The van der Waals surface area contributed by atoms with E-state index in [1.165, 1.54) is 12.8 Å². The Labute approximate surface area is 152 Å². The molecule has 1 aliphatic rings. The number of oxazole rings is 1. The van der Waals surface area contributed by atoms with Gasteiger partial charge in [-0.15, -0.1) is 11.3 Å². The zero-order chi connectivity index (χ0) is 17.3. The van der Waals surface area contributed by atoms with Crippen molar-refractivity contribution in [3.63, 3.8) is 0 Å². The summed E-state index contributed by atoms with van der Waals surface area (Å²) in [6.45, 7) is 5.94. The maximum absolute atomic E-state index is 5.65. The van der Waals surface area contributed by atoms with Gasteiger partial charge in [0.25, 0.3) is 0 Å². The third-order valence-electron chi connectivity index (χ3n) is 3.84. The zero-order valence-corrected chi connectivity index (χ0v) is 15.5. The number of nitrogens with one attached hydrogen (secondary N) is 2. The molecule has 2 aromatic heterocycles. The van der Waals surface area contributed by atoms with Gasteiger partial charge in [-0.3, -0.25) is 0 Å². The molecule has 0 amide bonds. The van der Waals surface area contributed by atoms with Crippen LogP contribution in [0, 0.1) is 5.92 Å². The number of rotatable bonds is 10. The molecule has 0 saturated heterocycles. The average molecular weight is 362 g/mol. The summed E-state index contributed by atoms with van der Waals surface area (Å²) in [5.74, 6) is 2.28. The van der Waals surface area contributed by atoms with Gasteiger partial charge >= 0.3 is 0 Å². The minimum atomic E-state index is 0.488. The van der Waals surface area contributed by atoms with E-state index in [4.69, 9.17) is 9.15 Å². The Balaban J connectivity index is 1.41. The first-order valence-electron chi connectivity index (χ1n) is 8.93. The number of aromatic nitrogens is 1. The number of nitrogens with zero attached hydrogens (tertiary/aromatic N) is 2. The van der Waals surface area contributed by atoms with Crippen molar-refractivity contribution < 1.29 is 9.15 Å². The fourth-order valence-corrected chi connectivity index (χ4v) is 2.97. The van der Waals surface area contributed by atoms with E-state index in [1.807, 2.05) is 17.5 Å². The van der Waals surface area contributed by atoms with Gasteiger partial charge in [0.15, 0.2) is 5.96 Å². The van der Waals surface area contributed by atoms with Crippen molar-refractivity contribution in [1.82, 2.24) is 15.6 Å². The third kappa shape index (κ3) is 6.17. The van der Waals surface area contributed by atoms with Crippen LogP contribution in [-0.4, -0.2) is 37.2 Å². The first-order valence-corrected chi connectivity index (χ1v) is 9.81. The minimum absolute atomic E-state index is 0.488. The number of guanidine groups is 1. The molecule has 0 unspecified atom stereocenters. The summed E-state index contributed by atoms with van der Waals surface area (Å²) in [6, 6.07) is 3.99. The highest BCUT2D eigenvalue weighted by atomic mass is 32.1. The minimum Gasteiger partial charge on any atom is -0.443 e. The summed E-state index contributed by atoms with van der Waals surface area (Å²) in [5, 5.41) is 8.59. The molecule has 2 heterocycles. The first kappa shape index (κ1) is 17.9. The van der Waals surface area contributed by atoms with Crippen molar-refractivity contribution in [3.8, 4) is 10.8 Å². The van der Waals surface area contributed by atoms with Crippen molar-refractivity contribution in [3.05, 3.63) is 29.5 Å². The lowest BCUT2D eigenvalue weighted by atomic mass is 10.4. The van der Waals surface area contributed by atoms with Crippen molar-refractivity contribution in [2.45, 2.75) is 32.7 Å². The lowest BCUT2D eigenvalue weighted by Crippen LogP contribution is -2.38. The Morgan fingerprint density at radius 3 is 3.12 bits per heavy atom. The van der Waals surface area contributed by atoms with Crippen LogP contribution in [0.5, 0.6) is 0 Å². The molecule has 0 aromatic carbocycles. The molecule has 0 atom stereocenters. The second-order valence-electron chi connectivity index (χ2n) is 6.12. The molecule has 3 rings (SSSR count). The SMILES string of the molecule is CCNC(=NCc1coc(-c2cccs2)n1)NCCCOCC1CC1. The number of hydrogen-bond acceptors (Lipinski definition) is 5. The van der Waals surface area contributed by atoms with E-state index < -0.39 is 0 Å². The van der Waals surface area contributed by atoms with Crippen LogP contribution >= 0.6 is 11.3 Å². The van der Waals surface area contributed by atoms with Crippen LogP contribution < -0.4 is 10.6 Å². The lowest BCUT2D eigenvalue weighted by Gasteiger charge is -2.11. The van der Waals surface area contributed by atoms with E-state index in [0.29, 0.717) is 12.4 Å². The van der Waals surface area contributed by atoms with E-state index in [2.05, 4.69) is 27.5 Å². The Morgan fingerprint density at radius 2 is 2.36 bits per heavy atom. The molecule has 1 saturated carbocycles. The second kappa shape index (κ2) is 9.58. The van der Waals surface area contributed by atoms with Crippen LogP contribution in [0.15, 0.2) is 33.2 Å². The Bertz CT molecular complexity index is 650. The topological polar surface area (TPSA) is 71.7 Å². The highest BCUT2D eigenvalue weighted by Crippen LogP contribution is 2.28. The largest absolute Gasteiger partial charge is 0.443 e. The molecule has 0 aliphatic heterocycles. The summed E-state index contributed by atoms with van der Waals surface area (Å²) in [6.07, 6.45) is 5.33. The summed E-state index contributed by atoms with van der Waals surface area (Å²) < 4.78 is 11.2. The van der Waals surface area contributed by atoms with Crippen molar-refractivity contribution in [2.75, 3.05) is 26.3 Å². The quantitative estimate of drug-likeness (QED) is 0.386. The van der Waals surface area contributed by atoms with Crippen molar-refractivity contribution >= 4 is 17.3 Å². The summed E-state index contributed by atoms with van der Waals surface area (Å²) in [5.41, 5.74) is 0.827. The van der Waals surface area contributed by atoms with Crippen LogP contribution in [0.25, 0.3) is 10.8 Å². The maximum Gasteiger partial charge on any atom is 0.236 e. The van der Waals surface area contributed by atoms with Gasteiger partial charge in [-0.05, 0) is 43.6 Å². The van der Waals surface area contributed by atoms with E-state index in [9.17, 15) is 0 Å². The molecule has 25 heavy (non-hydrogen) atoms. The van der Waals surface area contributed by atoms with E-state index in [1.54, 1.807) is 17.6 Å². The number of aliphatic imine (C=N–C) groups is 1. The van der Waals surface area contributed by atoms with Crippen molar-refractivity contribution in [1.29, 1.82) is 0 Å². The van der Waals surface area contributed by atoms with E-state index in [0.717, 1.165) is 55.2 Å². The molecule has 0 bridgehead atoms. The van der Waals surface area contributed by atoms with Crippen LogP contribution in [0.1, 0.15) is 31.9 Å². The van der Waals surface area contributed by atoms with Gasteiger partial charge in [-0.25, -0.2) is 9.98 Å². The summed E-state index contributed by atoms with van der Waals surface area (Å²) in [7, 11) is 0. The van der Waals surface area contributed by atoms with Gasteiger partial charge in [0.1, 0.15) is 12.0 Å². The second-order valence-corrected chi connectivity index (χ2v) is 7.06. The molecule has 0 spiro atoms. The molecule has 0 radical (unpaired) electrons. The highest BCUT2D eigenvalue weighted by Gasteiger charge is 2.20. The van der Waals surface area contributed by atoms with E-state index >= 15 is 0 Å². The number of thiophene rings is 1. The predicted octanol–water partition coefficient (Wildman–Crippen LogP) is 3.27. The Hall–Kier alpha value is -1.86. The van der Waals surface area contributed by atoms with Gasteiger partial charge in [0.05, 0.1) is 11.4 Å². The summed E-state index contributed by atoms with van der Waals surface area (Å²) in [4.78, 5) is 10.1. The fourth-order valence-electron chi connectivity index (χ4n) is 2.31. The van der Waals surface area contributed by atoms with Crippen molar-refractivity contribution in [2.24, 2.45) is 10.9 Å². The van der Waals surface area contributed by atoms with Gasteiger partial charge in [0, 0.05) is 26.3 Å². The molecule has 6 nitrogen and oxygen atoms in total. The van der Waals surface area contributed by atoms with Crippen LogP contribution in [-0.2, 0) is 11.3 Å². The van der Waals surface area contributed by atoms with Crippen LogP contribution in [0.4, 0.5) is 0 Å². The number of ether oxygens (including phenoxy) is 1. The first-order chi connectivity index (χ1) is 12.3. The maximum atomic E-state index is 5.65. The Kier molecular flexibility index (Phi) is 6.88. The van der Waals surface area contributed by atoms with Gasteiger partial charge in [-0.2, -0.15) is 0 Å². The normalized spacial score (nSPS) is 14.7. The van der Waals surface area contributed by atoms with Gasteiger partial charge in [0.2, 0.25) is 5.89 Å². The molecular weight excluding hydrogens is 336 g/mol. The molecular formula is C18H26N4O2S. The summed E-state index contributed by atoms with van der Waals surface area (Å²) >= 11 is 1.62. The number of hydrogen-bond donors (Lipinski definition) is 2. The molecule has 2 N–H and O–H groups in total. The highest BCUT2D eigenvalue weighted by molar-refractivity contribution is 7.13.